The molecule has 1 amide bonds. The smallest absolute Gasteiger partial charge is 0.226 e. The Kier molecular flexibility index (Phi) is 6.03. The predicted octanol–water partition coefficient (Wildman–Crippen LogP) is 3.78. The van der Waals surface area contributed by atoms with Crippen molar-refractivity contribution in [1.82, 2.24) is 4.90 Å². The largest absolute Gasteiger partial charge is 0.490 e. The molecule has 21 heavy (non-hydrogen) atoms. The molecular weight excluding hydrogens is 269 g/mol. The van der Waals surface area contributed by atoms with Crippen molar-refractivity contribution >= 4 is 5.91 Å². The lowest BCUT2D eigenvalue weighted by atomic mass is 9.94. The fourth-order valence-electron chi connectivity index (χ4n) is 2.98. The summed E-state index contributed by atoms with van der Waals surface area (Å²) in [6, 6.07) is 6.66. The average Bonchev–Trinajstić information content (AvgIpc) is 2.51. The van der Waals surface area contributed by atoms with Crippen molar-refractivity contribution in [2.75, 3.05) is 13.2 Å². The molecule has 0 unspecified atom stereocenters. The lowest BCUT2D eigenvalue weighted by Crippen LogP contribution is -2.41. The van der Waals surface area contributed by atoms with Gasteiger partial charge in [0.05, 0.1) is 13.0 Å². The minimum atomic E-state index is -0.385. The van der Waals surface area contributed by atoms with Gasteiger partial charge in [0.15, 0.2) is 11.6 Å². The molecule has 1 fully saturated rings. The van der Waals surface area contributed by atoms with Gasteiger partial charge in [0.25, 0.3) is 0 Å². The van der Waals surface area contributed by atoms with E-state index in [0.717, 1.165) is 19.4 Å². The van der Waals surface area contributed by atoms with E-state index in [2.05, 4.69) is 0 Å². The number of rotatable bonds is 6. The van der Waals surface area contributed by atoms with Crippen LogP contribution in [0.2, 0.25) is 0 Å². The maximum absolute atomic E-state index is 13.4. The van der Waals surface area contributed by atoms with Crippen LogP contribution in [0.5, 0.6) is 5.75 Å². The van der Waals surface area contributed by atoms with E-state index in [9.17, 15) is 9.18 Å². The van der Waals surface area contributed by atoms with E-state index in [-0.39, 0.29) is 24.1 Å². The zero-order chi connectivity index (χ0) is 15.1. The van der Waals surface area contributed by atoms with Crippen LogP contribution in [0.3, 0.4) is 0 Å². The van der Waals surface area contributed by atoms with Gasteiger partial charge in [-0.05, 0) is 31.9 Å². The topological polar surface area (TPSA) is 29.5 Å². The van der Waals surface area contributed by atoms with E-state index in [1.165, 1.54) is 25.3 Å². The van der Waals surface area contributed by atoms with Crippen molar-refractivity contribution in [2.24, 2.45) is 0 Å². The Bertz CT molecular complexity index is 458. The van der Waals surface area contributed by atoms with Gasteiger partial charge in [-0.25, -0.2) is 4.39 Å². The summed E-state index contributed by atoms with van der Waals surface area (Å²) in [5.41, 5.74) is 0. The number of nitrogens with zero attached hydrogens (tertiary/aromatic N) is 1. The highest BCUT2D eigenvalue weighted by Crippen LogP contribution is 2.23. The number of amides is 1. The van der Waals surface area contributed by atoms with Gasteiger partial charge in [0.2, 0.25) is 5.91 Å². The van der Waals surface area contributed by atoms with Gasteiger partial charge in [-0.15, -0.1) is 0 Å². The Labute approximate surface area is 126 Å². The molecule has 0 radical (unpaired) electrons. The molecule has 1 aliphatic carbocycles. The summed E-state index contributed by atoms with van der Waals surface area (Å²) in [6.07, 6.45) is 6.21. The normalized spacial score (nSPS) is 15.7. The lowest BCUT2D eigenvalue weighted by Gasteiger charge is -2.33. The SMILES string of the molecule is CCN(C(=O)CCOc1ccccc1F)C1CCCCC1. The van der Waals surface area contributed by atoms with Crippen molar-refractivity contribution in [3.05, 3.63) is 30.1 Å². The van der Waals surface area contributed by atoms with Gasteiger partial charge >= 0.3 is 0 Å². The first-order valence-electron chi connectivity index (χ1n) is 7.89. The highest BCUT2D eigenvalue weighted by Gasteiger charge is 2.23. The molecule has 1 aromatic rings. The van der Waals surface area contributed by atoms with Gasteiger partial charge in [0.1, 0.15) is 0 Å². The second-order valence-corrected chi connectivity index (χ2v) is 5.50. The number of benzene rings is 1. The second-order valence-electron chi connectivity index (χ2n) is 5.50. The van der Waals surface area contributed by atoms with Crippen LogP contribution < -0.4 is 4.74 Å². The summed E-state index contributed by atoms with van der Waals surface area (Å²) < 4.78 is 18.8. The summed E-state index contributed by atoms with van der Waals surface area (Å²) >= 11 is 0. The third kappa shape index (κ3) is 4.45. The number of carbonyl (C=O) groups is 1. The number of ether oxygens (including phenoxy) is 1. The molecule has 1 aliphatic rings. The summed E-state index contributed by atoms with van der Waals surface area (Å²) in [4.78, 5) is 14.3. The van der Waals surface area contributed by atoms with E-state index < -0.39 is 0 Å². The van der Waals surface area contributed by atoms with Crippen LogP contribution in [-0.4, -0.2) is 30.0 Å². The van der Waals surface area contributed by atoms with Gasteiger partial charge in [0, 0.05) is 12.6 Å². The fraction of sp³-hybridized carbons (Fsp3) is 0.588. The molecule has 0 saturated heterocycles. The van der Waals surface area contributed by atoms with E-state index in [0.29, 0.717) is 12.5 Å². The van der Waals surface area contributed by atoms with Crippen molar-refractivity contribution in [3.63, 3.8) is 0 Å². The van der Waals surface area contributed by atoms with Crippen molar-refractivity contribution in [2.45, 2.75) is 51.5 Å². The molecule has 0 N–H and O–H groups in total. The predicted molar refractivity (Wildman–Crippen MR) is 80.8 cm³/mol. The average molecular weight is 293 g/mol. The molecule has 0 aliphatic heterocycles. The van der Waals surface area contributed by atoms with Crippen molar-refractivity contribution < 1.29 is 13.9 Å². The molecule has 0 aromatic heterocycles. The highest BCUT2D eigenvalue weighted by atomic mass is 19.1. The van der Waals surface area contributed by atoms with E-state index in [1.54, 1.807) is 18.2 Å². The van der Waals surface area contributed by atoms with Crippen molar-refractivity contribution in [1.29, 1.82) is 0 Å². The Balaban J connectivity index is 1.81. The standard InChI is InChI=1S/C17H24FNO2/c1-2-19(14-8-4-3-5-9-14)17(20)12-13-21-16-11-7-6-10-15(16)18/h6-7,10-11,14H,2-5,8-9,12-13H2,1H3. The Hall–Kier alpha value is -1.58. The molecule has 0 bridgehead atoms. The number of hydrogen-bond donors (Lipinski definition) is 0. The molecule has 4 heteroatoms. The lowest BCUT2D eigenvalue weighted by molar-refractivity contribution is -0.134. The maximum atomic E-state index is 13.4. The van der Waals surface area contributed by atoms with Crippen LogP contribution in [-0.2, 0) is 4.79 Å². The molecule has 1 aromatic carbocycles. The molecule has 0 atom stereocenters. The minimum Gasteiger partial charge on any atom is -0.490 e. The Morgan fingerprint density at radius 3 is 2.67 bits per heavy atom. The van der Waals surface area contributed by atoms with E-state index in [1.807, 2.05) is 11.8 Å². The number of carbonyl (C=O) groups excluding carboxylic acids is 1. The Morgan fingerprint density at radius 2 is 2.00 bits per heavy atom. The van der Waals surface area contributed by atoms with Crippen LogP contribution in [0.25, 0.3) is 0 Å². The van der Waals surface area contributed by atoms with Crippen LogP contribution in [0.4, 0.5) is 4.39 Å². The van der Waals surface area contributed by atoms with Crippen LogP contribution >= 0.6 is 0 Å². The molecule has 0 spiro atoms. The minimum absolute atomic E-state index is 0.112. The van der Waals surface area contributed by atoms with E-state index >= 15 is 0 Å². The zero-order valence-corrected chi connectivity index (χ0v) is 12.7. The summed E-state index contributed by atoms with van der Waals surface area (Å²) in [7, 11) is 0. The van der Waals surface area contributed by atoms with Crippen LogP contribution in [0.1, 0.15) is 45.4 Å². The number of halogens is 1. The summed E-state index contributed by atoms with van der Waals surface area (Å²) in [5, 5.41) is 0. The third-order valence-corrected chi connectivity index (χ3v) is 4.09. The van der Waals surface area contributed by atoms with Crippen molar-refractivity contribution in [3.8, 4) is 5.75 Å². The summed E-state index contributed by atoms with van der Waals surface area (Å²) in [5.74, 6) is -0.0590. The summed E-state index contributed by atoms with van der Waals surface area (Å²) in [6.45, 7) is 2.98. The molecule has 3 nitrogen and oxygen atoms in total. The van der Waals surface area contributed by atoms with Crippen LogP contribution in [0, 0.1) is 5.82 Å². The quantitative estimate of drug-likeness (QED) is 0.799. The van der Waals surface area contributed by atoms with Gasteiger partial charge in [-0.2, -0.15) is 0 Å². The first-order valence-corrected chi connectivity index (χ1v) is 7.89. The molecule has 0 heterocycles. The second kappa shape index (κ2) is 8.01. The molecular formula is C17H24FNO2. The zero-order valence-electron chi connectivity index (χ0n) is 12.7. The van der Waals surface area contributed by atoms with Gasteiger partial charge in [-0.3, -0.25) is 4.79 Å². The number of hydrogen-bond acceptors (Lipinski definition) is 2. The van der Waals surface area contributed by atoms with Gasteiger partial charge < -0.3 is 9.64 Å². The molecule has 1 saturated carbocycles. The first kappa shape index (κ1) is 15.8. The number of para-hydroxylation sites is 1. The molecule has 116 valence electrons. The Morgan fingerprint density at radius 1 is 1.29 bits per heavy atom. The highest BCUT2D eigenvalue weighted by molar-refractivity contribution is 5.76. The first-order chi connectivity index (χ1) is 10.2. The van der Waals surface area contributed by atoms with Crippen LogP contribution in [0.15, 0.2) is 24.3 Å². The van der Waals surface area contributed by atoms with E-state index in [4.69, 9.17) is 4.74 Å². The molecule has 2 rings (SSSR count). The maximum Gasteiger partial charge on any atom is 0.226 e. The monoisotopic (exact) mass is 293 g/mol. The third-order valence-electron chi connectivity index (χ3n) is 4.09. The van der Waals surface area contributed by atoms with Gasteiger partial charge in [-0.1, -0.05) is 31.4 Å². The fourth-order valence-corrected chi connectivity index (χ4v) is 2.98.